The number of nitrogens with two attached hydrogens (primary N) is 1. The van der Waals surface area contributed by atoms with Crippen molar-refractivity contribution in [1.82, 2.24) is 79.4 Å². The summed E-state index contributed by atoms with van der Waals surface area (Å²) in [5, 5.41) is 51.3. The molecule has 4 unspecified atom stereocenters. The average molecular weight is 1870 g/mol. The molecule has 0 aliphatic carbocycles. The number of hydrogen-bond donors (Lipinski definition) is 10. The van der Waals surface area contributed by atoms with Crippen LogP contribution in [0.2, 0.25) is 40.2 Å². The van der Waals surface area contributed by atoms with Gasteiger partial charge in [0.05, 0.1) is 24.6 Å². The van der Waals surface area contributed by atoms with Crippen molar-refractivity contribution < 1.29 is 57.5 Å². The molecule has 8 aromatic heterocycles. The van der Waals surface area contributed by atoms with E-state index in [2.05, 4.69) is 104 Å². The number of carbonyl (C=O) groups is 4. The van der Waals surface area contributed by atoms with Gasteiger partial charge in [-0.25, -0.2) is 39.9 Å². The molecule has 4 aliphatic rings. The first-order valence-corrected chi connectivity index (χ1v) is 37.7. The molecule has 0 radical (unpaired) electrons. The van der Waals surface area contributed by atoms with Crippen LogP contribution in [0.25, 0.3) is 5.73 Å². The quantitative estimate of drug-likeness (QED) is 0.0235. The van der Waals surface area contributed by atoms with Gasteiger partial charge in [-0.3, -0.25) is 67.3 Å². The summed E-state index contributed by atoms with van der Waals surface area (Å²) in [7, 11) is 0. The van der Waals surface area contributed by atoms with E-state index in [0.29, 0.717) is 46.8 Å². The average Bonchev–Trinajstić information content (AvgIpc) is 1.69. The summed E-state index contributed by atoms with van der Waals surface area (Å²) in [6, 6.07) is 37.9. The molecule has 4 aromatic carbocycles. The first-order chi connectivity index (χ1) is 57.0. The van der Waals surface area contributed by atoms with Crippen molar-refractivity contribution in [3.8, 4) is 18.6 Å². The van der Waals surface area contributed by atoms with Crippen molar-refractivity contribution in [3.63, 3.8) is 0 Å². The monoisotopic (exact) mass is 1860 g/mol. The summed E-state index contributed by atoms with van der Waals surface area (Å²) in [5.41, 5.74) is 7.03. The SMILES string of the molecule is CC1(c2cccc(Cl)c2)NC(=O)c2c(Cl)cc(Br)c(=O)n21.CC1(c2cccc(Cl)c2)NC(=O)c2c(Cl)cc(Nc3cc(F)ncn3)c(=O)n21.CC1(c2cccc(Cl)c2)NC(=O)c2c(Cl)cc(Nc3cc(NC#N)ncn3)c(=O)n21.CC1(c2cccc(Cl)c2)NC(=O)c2c(Cl)cc(Nc3cc(NC#N)ncn3)c(=O)n21.N#C[NH-].Nc1cc(F)ncn1.[Na+]. The molecule has 4 atom stereocenters. The Morgan fingerprint density at radius 1 is 0.397 bits per heavy atom. The standard InChI is InChI=1S/2C19H13Cl2N7O2.C18H12Cl2FN5O2.C14H9BrCl2N2O2.C4H4FN3.CHN2.Na/c2*1-19(10-3-2-4-11(20)5-10)27-17(29)16-12(21)6-13(18(30)28(16)19)26-15-7-14(23-8-22)24-9-25-15;1-18(9-3-2-4-10(19)5-9)25-16(27)15-11(20)6-12(17(28)26(15)18)24-14-7-13(21)22-8-23-14;1-14(7-3-2-4-8(16)5-7)18-12(20)11-10(17)6-9(15)13(21)19(11)14;5-3-1-4(6)8-2-7-3;2-1-3;/h2*2-7,9H,1H3,(H,27,29)(H2,23,24,25,26);2-8H,1H3,(H,25,27)(H,22,23,24);2-6H,1H3,(H,18,20);1-2H,(H2,6,7,8);2H;/q;;;;;-1;+1. The number of pyridine rings is 4. The number of halogens is 11. The van der Waals surface area contributed by atoms with Gasteiger partial charge in [0.25, 0.3) is 45.9 Å². The van der Waals surface area contributed by atoms with Gasteiger partial charge >= 0.3 is 29.6 Å². The second kappa shape index (κ2) is 37.9. The Hall–Kier alpha value is -12.4. The van der Waals surface area contributed by atoms with Crippen LogP contribution in [0.5, 0.6) is 0 Å². The van der Waals surface area contributed by atoms with Crippen LogP contribution < -0.4 is 105 Å². The molecule has 12 N–H and O–H groups in total. The number of benzene rings is 4. The van der Waals surface area contributed by atoms with Crippen molar-refractivity contribution in [2.45, 2.75) is 50.3 Å². The number of nitrogens with one attached hydrogen (secondary N) is 10. The fourth-order valence-corrected chi connectivity index (χ4v) is 15.1. The Bertz CT molecular complexity index is 6370. The molecule has 0 fully saturated rings. The molecular weight excluding hydrogens is 1820 g/mol. The molecule has 4 aliphatic heterocycles. The maximum Gasteiger partial charge on any atom is 1.00 e. The van der Waals surface area contributed by atoms with Crippen molar-refractivity contribution in [2.75, 3.05) is 32.3 Å². The van der Waals surface area contributed by atoms with Gasteiger partial charge in [-0.1, -0.05) is 148 Å². The number of nitriles is 3. The number of amides is 4. The predicted octanol–water partition coefficient (Wildman–Crippen LogP) is 10.5. The number of aromatic nitrogens is 12. The minimum absolute atomic E-state index is 0. The van der Waals surface area contributed by atoms with E-state index in [4.69, 9.17) is 120 Å². The normalized spacial score (nSPS) is 16.8. The summed E-state index contributed by atoms with van der Waals surface area (Å²) in [5.74, 6) is -1.95. The van der Waals surface area contributed by atoms with Gasteiger partial charge in [0, 0.05) is 44.4 Å². The summed E-state index contributed by atoms with van der Waals surface area (Å²) >= 11 is 52.6. The van der Waals surface area contributed by atoms with Crippen molar-refractivity contribution in [3.05, 3.63) is 320 Å². The van der Waals surface area contributed by atoms with Crippen molar-refractivity contribution in [1.29, 1.82) is 15.8 Å². The molecule has 12 aromatic rings. The first kappa shape index (κ1) is 90.9. The van der Waals surface area contributed by atoms with Crippen LogP contribution in [0.3, 0.4) is 0 Å². The molecule has 12 heterocycles. The molecule has 34 nitrogen and oxygen atoms in total. The molecule has 608 valence electrons. The van der Waals surface area contributed by atoms with Gasteiger partial charge in [0.1, 0.15) is 123 Å². The predicted molar refractivity (Wildman–Crippen MR) is 448 cm³/mol. The van der Waals surface area contributed by atoms with Crippen LogP contribution in [0.1, 0.15) is 91.9 Å². The Kier molecular flexibility index (Phi) is 28.5. The Labute approximate surface area is 751 Å². The van der Waals surface area contributed by atoms with Crippen LogP contribution >= 0.6 is 109 Å². The second-order valence-corrected chi connectivity index (χ2v) is 29.9. The van der Waals surface area contributed by atoms with Crippen LogP contribution in [0.4, 0.5) is 60.8 Å². The Morgan fingerprint density at radius 2 is 0.661 bits per heavy atom. The molecule has 0 spiro atoms. The molecule has 16 rings (SSSR count). The first-order valence-electron chi connectivity index (χ1n) is 33.9. The van der Waals surface area contributed by atoms with Gasteiger partial charge in [0.15, 0.2) is 12.4 Å². The van der Waals surface area contributed by atoms with Crippen LogP contribution in [-0.2, 0) is 22.7 Å². The van der Waals surface area contributed by atoms with E-state index in [1.54, 1.807) is 137 Å². The third kappa shape index (κ3) is 19.3. The fraction of sp³-hybridized carbons (Fsp3) is 0.107. The zero-order valence-corrected chi connectivity index (χ0v) is 72.0. The number of fused-ring (bicyclic) bond motifs is 4. The number of nitrogen functional groups attached to an aromatic ring is 1. The van der Waals surface area contributed by atoms with Crippen molar-refractivity contribution >= 4 is 184 Å². The van der Waals surface area contributed by atoms with Crippen molar-refractivity contribution in [2.24, 2.45) is 0 Å². The third-order valence-electron chi connectivity index (χ3n) is 18.0. The smallest absolute Gasteiger partial charge is 0.494 e. The van der Waals surface area contributed by atoms with Crippen LogP contribution in [-0.4, -0.2) is 81.8 Å². The Balaban J connectivity index is 0.000000163. The van der Waals surface area contributed by atoms with Gasteiger partial charge < -0.3 is 53.9 Å². The molecular formula is C75H52BrCl8F2N26NaO8. The molecule has 0 bridgehead atoms. The maximum atomic E-state index is 13.4. The summed E-state index contributed by atoms with van der Waals surface area (Å²) in [6.45, 7) is 6.78. The summed E-state index contributed by atoms with van der Waals surface area (Å²) < 4.78 is 30.8. The van der Waals surface area contributed by atoms with Gasteiger partial charge in [-0.2, -0.15) is 19.3 Å². The number of nitrogens with zero attached hydrogens (tertiary/aromatic N) is 15. The molecule has 121 heavy (non-hydrogen) atoms. The third-order valence-corrected chi connectivity index (χ3v) is 20.6. The topological polar surface area (TPSA) is 489 Å². The van der Waals surface area contributed by atoms with E-state index in [9.17, 15) is 47.1 Å². The number of carbonyl (C=O) groups excluding carboxylic acids is 4. The summed E-state index contributed by atoms with van der Waals surface area (Å²) in [6.07, 6.45) is 9.07. The van der Waals surface area contributed by atoms with E-state index in [0.717, 1.165) is 31.0 Å². The van der Waals surface area contributed by atoms with Gasteiger partial charge in [-0.05, 0) is 139 Å². The molecule has 4 amide bonds. The van der Waals surface area contributed by atoms with E-state index in [-0.39, 0.29) is 130 Å². The Morgan fingerprint density at radius 3 is 0.934 bits per heavy atom. The number of anilines is 9. The van der Waals surface area contributed by atoms with E-state index in [1.165, 1.54) is 67.3 Å². The van der Waals surface area contributed by atoms with E-state index in [1.807, 2.05) is 0 Å². The fourth-order valence-electron chi connectivity index (χ4n) is 12.7. The summed E-state index contributed by atoms with van der Waals surface area (Å²) in [4.78, 5) is 132. The van der Waals surface area contributed by atoms with Gasteiger partial charge in [0.2, 0.25) is 11.9 Å². The van der Waals surface area contributed by atoms with E-state index < -0.39 is 74.9 Å². The minimum Gasteiger partial charge on any atom is -0.494 e. The zero-order valence-electron chi connectivity index (χ0n) is 62.4. The van der Waals surface area contributed by atoms with Crippen LogP contribution in [0, 0.1) is 46.3 Å². The minimum atomic E-state index is -1.22. The van der Waals surface area contributed by atoms with E-state index >= 15 is 0 Å². The second-order valence-electron chi connectivity index (χ2n) is 25.7. The van der Waals surface area contributed by atoms with Crippen LogP contribution in [0.15, 0.2) is 195 Å². The molecule has 0 saturated carbocycles. The maximum absolute atomic E-state index is 13.4. The zero-order chi connectivity index (χ0) is 87.0. The molecule has 46 heteroatoms. The molecule has 0 saturated heterocycles. The number of rotatable bonds is 12. The largest absolute Gasteiger partial charge is 1.00 e. The number of hydrogen-bond acceptors (Lipinski definition) is 25. The van der Waals surface area contributed by atoms with Gasteiger partial charge in [-0.15, -0.1) is 0 Å².